The smallest absolute Gasteiger partial charge is 0.253 e. The molecule has 0 aromatic heterocycles. The molecule has 2 aromatic carbocycles. The van der Waals surface area contributed by atoms with Gasteiger partial charge in [-0.05, 0) is 35.9 Å². The number of carbonyl (C=O) groups excluding carboxylic acids is 2. The molecule has 0 saturated carbocycles. The van der Waals surface area contributed by atoms with Crippen LogP contribution in [0.4, 0.5) is 0 Å². The van der Waals surface area contributed by atoms with E-state index < -0.39 is 0 Å². The van der Waals surface area contributed by atoms with Crippen molar-refractivity contribution in [3.8, 4) is 5.75 Å². The molecule has 3 rings (SSSR count). The second-order valence-electron chi connectivity index (χ2n) is 6.09. The van der Waals surface area contributed by atoms with Gasteiger partial charge in [0, 0.05) is 37.8 Å². The van der Waals surface area contributed by atoms with Gasteiger partial charge in [-0.1, -0.05) is 30.3 Å². The Morgan fingerprint density at radius 2 is 1.50 bits per heavy atom. The molecular formula is C21H22N2O3. The Morgan fingerprint density at radius 3 is 2.12 bits per heavy atom. The predicted octanol–water partition coefficient (Wildman–Crippen LogP) is 2.69. The van der Waals surface area contributed by atoms with E-state index >= 15 is 0 Å². The minimum absolute atomic E-state index is 0.0143. The average Bonchev–Trinajstić information content (AvgIpc) is 2.72. The normalized spacial score (nSPS) is 14.5. The van der Waals surface area contributed by atoms with E-state index in [-0.39, 0.29) is 11.8 Å². The highest BCUT2D eigenvalue weighted by Gasteiger charge is 2.23. The highest BCUT2D eigenvalue weighted by atomic mass is 16.5. The summed E-state index contributed by atoms with van der Waals surface area (Å²) in [6.07, 6.45) is 3.41. The van der Waals surface area contributed by atoms with Crippen LogP contribution in [0.5, 0.6) is 5.75 Å². The van der Waals surface area contributed by atoms with Gasteiger partial charge in [-0.2, -0.15) is 0 Å². The van der Waals surface area contributed by atoms with Gasteiger partial charge in [0.05, 0.1) is 7.11 Å². The van der Waals surface area contributed by atoms with Crippen LogP contribution in [0.1, 0.15) is 15.9 Å². The Hall–Kier alpha value is -3.08. The van der Waals surface area contributed by atoms with Crippen molar-refractivity contribution in [1.82, 2.24) is 9.80 Å². The molecule has 0 aliphatic carbocycles. The number of methoxy groups -OCH3 is 1. The Bertz CT molecular complexity index is 777. The Morgan fingerprint density at radius 1 is 0.885 bits per heavy atom. The first kappa shape index (κ1) is 17.7. The molecule has 1 saturated heterocycles. The maximum atomic E-state index is 12.6. The van der Waals surface area contributed by atoms with E-state index in [1.165, 1.54) is 0 Å². The van der Waals surface area contributed by atoms with Gasteiger partial charge in [-0.3, -0.25) is 9.59 Å². The summed E-state index contributed by atoms with van der Waals surface area (Å²) < 4.78 is 5.11. The maximum Gasteiger partial charge on any atom is 0.253 e. The summed E-state index contributed by atoms with van der Waals surface area (Å²) in [6, 6.07) is 16.8. The Labute approximate surface area is 153 Å². The van der Waals surface area contributed by atoms with Crippen LogP contribution in [0.25, 0.3) is 6.08 Å². The molecule has 0 N–H and O–H groups in total. The van der Waals surface area contributed by atoms with Gasteiger partial charge < -0.3 is 14.5 Å². The summed E-state index contributed by atoms with van der Waals surface area (Å²) in [7, 11) is 1.60. The Balaban J connectivity index is 1.54. The molecule has 5 nitrogen and oxygen atoms in total. The van der Waals surface area contributed by atoms with Gasteiger partial charge in [0.2, 0.25) is 5.91 Å². The summed E-state index contributed by atoms with van der Waals surface area (Å²) in [5, 5.41) is 0. The zero-order valence-electron chi connectivity index (χ0n) is 14.8. The molecule has 2 aromatic rings. The number of carbonyl (C=O) groups is 2. The SMILES string of the molecule is COc1ccc(C(=O)N2CCN(C(=O)/C=C/c3ccccc3)CC2)cc1. The number of rotatable bonds is 4. The van der Waals surface area contributed by atoms with E-state index in [4.69, 9.17) is 4.74 Å². The van der Waals surface area contributed by atoms with Gasteiger partial charge in [-0.15, -0.1) is 0 Å². The van der Waals surface area contributed by atoms with Crippen LogP contribution in [-0.2, 0) is 4.79 Å². The minimum Gasteiger partial charge on any atom is -0.497 e. The first-order valence-electron chi connectivity index (χ1n) is 8.63. The van der Waals surface area contributed by atoms with Crippen molar-refractivity contribution in [3.05, 3.63) is 71.8 Å². The maximum absolute atomic E-state index is 12.6. The molecule has 0 atom stereocenters. The van der Waals surface area contributed by atoms with Gasteiger partial charge in [0.25, 0.3) is 5.91 Å². The van der Waals surface area contributed by atoms with Gasteiger partial charge in [-0.25, -0.2) is 0 Å². The highest BCUT2D eigenvalue weighted by molar-refractivity contribution is 5.95. The number of amides is 2. The highest BCUT2D eigenvalue weighted by Crippen LogP contribution is 2.14. The number of benzene rings is 2. The first-order chi connectivity index (χ1) is 12.7. The van der Waals surface area contributed by atoms with E-state index in [0.717, 1.165) is 11.3 Å². The van der Waals surface area contributed by atoms with Crippen LogP contribution in [0.2, 0.25) is 0 Å². The zero-order chi connectivity index (χ0) is 18.4. The minimum atomic E-state index is -0.0228. The summed E-state index contributed by atoms with van der Waals surface area (Å²) in [4.78, 5) is 28.4. The van der Waals surface area contributed by atoms with Crippen LogP contribution >= 0.6 is 0 Å². The summed E-state index contributed by atoms with van der Waals surface area (Å²) in [5.74, 6) is 0.687. The lowest BCUT2D eigenvalue weighted by molar-refractivity contribution is -0.127. The first-order valence-corrected chi connectivity index (χ1v) is 8.63. The van der Waals surface area contributed by atoms with Crippen molar-refractivity contribution in [2.75, 3.05) is 33.3 Å². The van der Waals surface area contributed by atoms with E-state index in [1.807, 2.05) is 36.4 Å². The standard InChI is InChI=1S/C21H22N2O3/c1-26-19-10-8-18(9-11-19)21(25)23-15-13-22(14-16-23)20(24)12-7-17-5-3-2-4-6-17/h2-12H,13-16H2,1H3/b12-7+. The second-order valence-corrected chi connectivity index (χ2v) is 6.09. The molecule has 26 heavy (non-hydrogen) atoms. The number of ether oxygens (including phenoxy) is 1. The number of hydrogen-bond acceptors (Lipinski definition) is 3. The fraction of sp³-hybridized carbons (Fsp3) is 0.238. The molecule has 1 heterocycles. The molecule has 0 spiro atoms. The average molecular weight is 350 g/mol. The third kappa shape index (κ3) is 4.30. The number of piperazine rings is 1. The zero-order valence-corrected chi connectivity index (χ0v) is 14.8. The number of hydrogen-bond donors (Lipinski definition) is 0. The molecule has 0 radical (unpaired) electrons. The molecular weight excluding hydrogens is 328 g/mol. The van der Waals surface area contributed by atoms with Gasteiger partial charge in [0.15, 0.2) is 0 Å². The largest absolute Gasteiger partial charge is 0.497 e. The van der Waals surface area contributed by atoms with Crippen LogP contribution in [0.3, 0.4) is 0 Å². The molecule has 5 heteroatoms. The molecule has 1 fully saturated rings. The van der Waals surface area contributed by atoms with Crippen molar-refractivity contribution in [3.63, 3.8) is 0 Å². The van der Waals surface area contributed by atoms with E-state index in [9.17, 15) is 9.59 Å². The van der Waals surface area contributed by atoms with E-state index in [2.05, 4.69) is 0 Å². The van der Waals surface area contributed by atoms with E-state index in [0.29, 0.717) is 31.7 Å². The number of nitrogens with zero attached hydrogens (tertiary/aromatic N) is 2. The lowest BCUT2D eigenvalue weighted by atomic mass is 10.1. The van der Waals surface area contributed by atoms with Crippen molar-refractivity contribution in [2.45, 2.75) is 0 Å². The predicted molar refractivity (Wildman–Crippen MR) is 101 cm³/mol. The summed E-state index contributed by atoms with van der Waals surface area (Å²) >= 11 is 0. The van der Waals surface area contributed by atoms with Gasteiger partial charge in [0.1, 0.15) is 5.75 Å². The lowest BCUT2D eigenvalue weighted by Gasteiger charge is -2.34. The van der Waals surface area contributed by atoms with Crippen LogP contribution in [0, 0.1) is 0 Å². The van der Waals surface area contributed by atoms with E-state index in [1.54, 1.807) is 47.3 Å². The molecule has 0 unspecified atom stereocenters. The van der Waals surface area contributed by atoms with Crippen molar-refractivity contribution in [1.29, 1.82) is 0 Å². The van der Waals surface area contributed by atoms with Crippen LogP contribution in [-0.4, -0.2) is 54.9 Å². The monoisotopic (exact) mass is 350 g/mol. The third-order valence-electron chi connectivity index (χ3n) is 4.43. The lowest BCUT2D eigenvalue weighted by Crippen LogP contribution is -2.50. The molecule has 2 amide bonds. The van der Waals surface area contributed by atoms with Crippen molar-refractivity contribution < 1.29 is 14.3 Å². The molecule has 1 aliphatic heterocycles. The second kappa shape index (κ2) is 8.34. The molecule has 134 valence electrons. The van der Waals surface area contributed by atoms with Crippen molar-refractivity contribution >= 4 is 17.9 Å². The van der Waals surface area contributed by atoms with Crippen molar-refractivity contribution in [2.24, 2.45) is 0 Å². The van der Waals surface area contributed by atoms with Crippen LogP contribution < -0.4 is 4.74 Å². The topological polar surface area (TPSA) is 49.9 Å². The third-order valence-corrected chi connectivity index (χ3v) is 4.43. The fourth-order valence-corrected chi connectivity index (χ4v) is 2.88. The van der Waals surface area contributed by atoms with Crippen LogP contribution in [0.15, 0.2) is 60.7 Å². The quantitative estimate of drug-likeness (QED) is 0.797. The molecule has 0 bridgehead atoms. The van der Waals surface area contributed by atoms with Gasteiger partial charge >= 0.3 is 0 Å². The fourth-order valence-electron chi connectivity index (χ4n) is 2.88. The summed E-state index contributed by atoms with van der Waals surface area (Å²) in [6.45, 7) is 2.16. The Kier molecular flexibility index (Phi) is 5.69. The summed E-state index contributed by atoms with van der Waals surface area (Å²) in [5.41, 5.74) is 1.63. The molecule has 1 aliphatic rings.